The van der Waals surface area contributed by atoms with E-state index >= 15 is 0 Å². The fraction of sp³-hybridized carbons (Fsp3) is 0.500. The Kier molecular flexibility index (Phi) is 7.66. The van der Waals surface area contributed by atoms with E-state index in [0.29, 0.717) is 50.8 Å². The highest BCUT2D eigenvalue weighted by molar-refractivity contribution is 5.94. The van der Waals surface area contributed by atoms with Gasteiger partial charge in [0.2, 0.25) is 0 Å². The minimum Gasteiger partial charge on any atom is -0.373 e. The molecule has 1 aromatic rings. The van der Waals surface area contributed by atoms with Gasteiger partial charge in [-0.1, -0.05) is 38.1 Å². The third-order valence-electron chi connectivity index (χ3n) is 4.14. The van der Waals surface area contributed by atoms with Crippen LogP contribution >= 0.6 is 0 Å². The Morgan fingerprint density at radius 3 is 2.77 bits per heavy atom. The van der Waals surface area contributed by atoms with Gasteiger partial charge < -0.3 is 19.9 Å². The van der Waals surface area contributed by atoms with Crippen molar-refractivity contribution < 1.29 is 14.3 Å². The van der Waals surface area contributed by atoms with E-state index in [0.717, 1.165) is 0 Å². The highest BCUT2D eigenvalue weighted by Crippen LogP contribution is 2.13. The second-order valence-electron chi connectivity index (χ2n) is 6.88. The van der Waals surface area contributed by atoms with Crippen LogP contribution in [0, 0.1) is 5.92 Å². The van der Waals surface area contributed by atoms with E-state index in [1.165, 1.54) is 0 Å². The van der Waals surface area contributed by atoms with Gasteiger partial charge in [0.25, 0.3) is 5.91 Å². The number of carbonyl (C=O) groups is 2. The van der Waals surface area contributed by atoms with Gasteiger partial charge in [0, 0.05) is 31.7 Å². The molecule has 2 rings (SSSR count). The summed E-state index contributed by atoms with van der Waals surface area (Å²) >= 11 is 0. The van der Waals surface area contributed by atoms with Crippen LogP contribution in [0.3, 0.4) is 0 Å². The Morgan fingerprint density at radius 2 is 2.12 bits per heavy atom. The Bertz CT molecular complexity index is 604. The van der Waals surface area contributed by atoms with Gasteiger partial charge in [-0.15, -0.1) is 6.58 Å². The maximum absolute atomic E-state index is 12.9. The zero-order valence-electron chi connectivity index (χ0n) is 15.7. The Balaban J connectivity index is 2.01. The van der Waals surface area contributed by atoms with Crippen LogP contribution in [0.1, 0.15) is 24.2 Å². The molecule has 3 amide bonds. The van der Waals surface area contributed by atoms with Crippen LogP contribution in [0.4, 0.5) is 4.79 Å². The van der Waals surface area contributed by atoms with E-state index in [1.54, 1.807) is 11.0 Å². The van der Waals surface area contributed by atoms with Gasteiger partial charge >= 0.3 is 6.03 Å². The molecule has 1 heterocycles. The molecule has 1 aliphatic heterocycles. The fourth-order valence-corrected chi connectivity index (χ4v) is 2.98. The van der Waals surface area contributed by atoms with Crippen molar-refractivity contribution in [2.24, 2.45) is 5.92 Å². The Hall–Kier alpha value is -2.34. The third-order valence-corrected chi connectivity index (χ3v) is 4.14. The SMILES string of the molecule is C=CCNC(=O)N1CCOC(CN(CC(C)C)C(=O)c2ccccc2)C1. The predicted molar refractivity (Wildman–Crippen MR) is 102 cm³/mol. The maximum atomic E-state index is 12.9. The molecule has 1 aliphatic rings. The van der Waals surface area contributed by atoms with Crippen LogP contribution in [0.15, 0.2) is 43.0 Å². The van der Waals surface area contributed by atoms with Crippen LogP contribution < -0.4 is 5.32 Å². The van der Waals surface area contributed by atoms with Crippen molar-refractivity contribution >= 4 is 11.9 Å². The quantitative estimate of drug-likeness (QED) is 0.761. The van der Waals surface area contributed by atoms with Gasteiger partial charge in [0.1, 0.15) is 0 Å². The molecule has 0 radical (unpaired) electrons. The average molecular weight is 359 g/mol. The molecule has 0 spiro atoms. The first-order valence-electron chi connectivity index (χ1n) is 9.10. The van der Waals surface area contributed by atoms with Crippen molar-refractivity contribution in [3.63, 3.8) is 0 Å². The lowest BCUT2D eigenvalue weighted by Gasteiger charge is -2.36. The third kappa shape index (κ3) is 5.88. The normalized spacial score (nSPS) is 17.0. The van der Waals surface area contributed by atoms with Crippen LogP contribution in [0.5, 0.6) is 0 Å². The molecule has 6 nitrogen and oxygen atoms in total. The van der Waals surface area contributed by atoms with Crippen molar-refractivity contribution in [2.75, 3.05) is 39.3 Å². The Labute approximate surface area is 155 Å². The van der Waals surface area contributed by atoms with E-state index in [4.69, 9.17) is 4.74 Å². The summed E-state index contributed by atoms with van der Waals surface area (Å²) < 4.78 is 5.83. The summed E-state index contributed by atoms with van der Waals surface area (Å²) in [6.07, 6.45) is 1.46. The summed E-state index contributed by atoms with van der Waals surface area (Å²) in [5.74, 6) is 0.342. The van der Waals surface area contributed by atoms with E-state index in [9.17, 15) is 9.59 Å². The van der Waals surface area contributed by atoms with Crippen molar-refractivity contribution in [1.82, 2.24) is 15.1 Å². The summed E-state index contributed by atoms with van der Waals surface area (Å²) in [5, 5.41) is 2.79. The molecule has 1 fully saturated rings. The van der Waals surface area contributed by atoms with Gasteiger partial charge in [-0.3, -0.25) is 4.79 Å². The van der Waals surface area contributed by atoms with Crippen molar-refractivity contribution in [2.45, 2.75) is 20.0 Å². The molecule has 1 atom stereocenters. The molecular formula is C20H29N3O3. The summed E-state index contributed by atoms with van der Waals surface area (Å²) in [4.78, 5) is 28.6. The molecule has 26 heavy (non-hydrogen) atoms. The molecule has 0 saturated carbocycles. The molecule has 1 saturated heterocycles. The number of hydrogen-bond donors (Lipinski definition) is 1. The van der Waals surface area contributed by atoms with Crippen molar-refractivity contribution in [3.05, 3.63) is 48.6 Å². The number of urea groups is 1. The van der Waals surface area contributed by atoms with Crippen LogP contribution in [-0.2, 0) is 4.74 Å². The topological polar surface area (TPSA) is 61.9 Å². The standard InChI is InChI=1S/C20H29N3O3/c1-4-10-21-20(25)22-11-12-26-18(14-22)15-23(13-16(2)3)19(24)17-8-6-5-7-9-17/h4-9,16,18H,1,10-15H2,2-3H3,(H,21,25). The van der Waals surface area contributed by atoms with Gasteiger partial charge in [0.05, 0.1) is 19.3 Å². The van der Waals surface area contributed by atoms with Crippen LogP contribution in [0.2, 0.25) is 0 Å². The van der Waals surface area contributed by atoms with Gasteiger partial charge in [-0.05, 0) is 18.1 Å². The average Bonchev–Trinajstić information content (AvgIpc) is 2.65. The number of nitrogens with one attached hydrogen (secondary N) is 1. The highest BCUT2D eigenvalue weighted by atomic mass is 16.5. The lowest BCUT2D eigenvalue weighted by Crippen LogP contribution is -2.53. The van der Waals surface area contributed by atoms with Crippen LogP contribution in [-0.4, -0.2) is 67.2 Å². The summed E-state index contributed by atoms with van der Waals surface area (Å²) in [7, 11) is 0. The zero-order valence-corrected chi connectivity index (χ0v) is 15.7. The largest absolute Gasteiger partial charge is 0.373 e. The van der Waals surface area contributed by atoms with E-state index in [-0.39, 0.29) is 18.0 Å². The number of rotatable bonds is 7. The highest BCUT2D eigenvalue weighted by Gasteiger charge is 2.28. The summed E-state index contributed by atoms with van der Waals surface area (Å²) in [6.45, 7) is 10.8. The number of morpholine rings is 1. The van der Waals surface area contributed by atoms with Gasteiger partial charge in [0.15, 0.2) is 0 Å². The van der Waals surface area contributed by atoms with Crippen molar-refractivity contribution in [3.8, 4) is 0 Å². The first-order valence-corrected chi connectivity index (χ1v) is 9.10. The Morgan fingerprint density at radius 1 is 1.38 bits per heavy atom. The molecule has 1 unspecified atom stereocenters. The summed E-state index contributed by atoms with van der Waals surface area (Å²) in [5.41, 5.74) is 0.671. The van der Waals surface area contributed by atoms with Crippen LogP contribution in [0.25, 0.3) is 0 Å². The number of ether oxygens (including phenoxy) is 1. The first-order chi connectivity index (χ1) is 12.5. The summed E-state index contributed by atoms with van der Waals surface area (Å²) in [6, 6.07) is 9.16. The van der Waals surface area contributed by atoms with Crippen molar-refractivity contribution in [1.29, 1.82) is 0 Å². The molecule has 0 aliphatic carbocycles. The maximum Gasteiger partial charge on any atom is 0.317 e. The monoisotopic (exact) mass is 359 g/mol. The van der Waals surface area contributed by atoms with E-state index < -0.39 is 0 Å². The predicted octanol–water partition coefficient (Wildman–Crippen LogP) is 2.38. The molecule has 142 valence electrons. The number of benzene rings is 1. The fourth-order valence-electron chi connectivity index (χ4n) is 2.98. The second-order valence-corrected chi connectivity index (χ2v) is 6.88. The lowest BCUT2D eigenvalue weighted by molar-refractivity contribution is -0.0286. The first kappa shape index (κ1) is 20.0. The smallest absolute Gasteiger partial charge is 0.317 e. The van der Waals surface area contributed by atoms with E-state index in [2.05, 4.69) is 25.7 Å². The number of nitrogens with zero attached hydrogens (tertiary/aromatic N) is 2. The number of hydrogen-bond acceptors (Lipinski definition) is 3. The lowest BCUT2D eigenvalue weighted by atomic mass is 10.1. The minimum absolute atomic E-state index is 0.00358. The molecular weight excluding hydrogens is 330 g/mol. The molecule has 1 N–H and O–H groups in total. The second kappa shape index (κ2) is 9.97. The number of carbonyl (C=O) groups excluding carboxylic acids is 2. The molecule has 6 heteroatoms. The van der Waals surface area contributed by atoms with Gasteiger partial charge in [-0.2, -0.15) is 0 Å². The molecule has 0 bridgehead atoms. The van der Waals surface area contributed by atoms with Gasteiger partial charge in [-0.25, -0.2) is 4.79 Å². The van der Waals surface area contributed by atoms with E-state index in [1.807, 2.05) is 35.2 Å². The molecule has 0 aromatic heterocycles. The number of amides is 3. The zero-order chi connectivity index (χ0) is 18.9. The molecule has 1 aromatic carbocycles. The minimum atomic E-state index is -0.190.